The first kappa shape index (κ1) is 12.4. The summed E-state index contributed by atoms with van der Waals surface area (Å²) < 4.78 is 1.86. The highest BCUT2D eigenvalue weighted by molar-refractivity contribution is 7.16. The van der Waals surface area contributed by atoms with E-state index in [9.17, 15) is 10.1 Å². The molecule has 2 aromatic heterocycles. The minimum atomic E-state index is -0.0626. The Kier molecular flexibility index (Phi) is 3.21. The molecular formula is C13H13N3OS. The Balaban J connectivity index is 2.61. The topological polar surface area (TPSA) is 49.0 Å². The highest BCUT2D eigenvalue weighted by atomic mass is 32.1. The molecule has 2 rings (SSSR count). The summed E-state index contributed by atoms with van der Waals surface area (Å²) in [6.07, 6.45) is 3.74. The van der Waals surface area contributed by atoms with Crippen LogP contribution in [0, 0.1) is 18.3 Å². The summed E-state index contributed by atoms with van der Waals surface area (Å²) >= 11 is 1.35. The molecule has 0 bridgehead atoms. The van der Waals surface area contributed by atoms with E-state index >= 15 is 0 Å². The molecule has 0 fully saturated rings. The molecular weight excluding hydrogens is 246 g/mol. The normalized spacial score (nSPS) is 10.1. The Morgan fingerprint density at radius 2 is 2.00 bits per heavy atom. The quantitative estimate of drug-likeness (QED) is 0.831. The molecule has 5 heteroatoms. The minimum absolute atomic E-state index is 0.0626. The van der Waals surface area contributed by atoms with Crippen molar-refractivity contribution < 1.29 is 4.79 Å². The Morgan fingerprint density at radius 3 is 2.50 bits per heavy atom. The molecule has 0 unspecified atom stereocenters. The van der Waals surface area contributed by atoms with Gasteiger partial charge >= 0.3 is 0 Å². The standard InChI is InChI=1S/C13H13N3OS/c1-9-10(8-14)13(16-6-4-5-7-16)18-11(9)12(17)15(2)3/h4-7H,1-3H3. The molecule has 2 aromatic rings. The average molecular weight is 259 g/mol. The first-order valence-electron chi connectivity index (χ1n) is 5.44. The van der Waals surface area contributed by atoms with Crippen molar-refractivity contribution >= 4 is 17.2 Å². The maximum absolute atomic E-state index is 12.0. The van der Waals surface area contributed by atoms with Crippen LogP contribution in [-0.2, 0) is 0 Å². The molecule has 1 amide bonds. The Morgan fingerprint density at radius 1 is 1.39 bits per heavy atom. The van der Waals surface area contributed by atoms with E-state index in [-0.39, 0.29) is 5.91 Å². The number of hydrogen-bond acceptors (Lipinski definition) is 3. The lowest BCUT2D eigenvalue weighted by atomic mass is 10.1. The number of nitriles is 1. The molecule has 0 aromatic carbocycles. The van der Waals surface area contributed by atoms with Gasteiger partial charge in [0, 0.05) is 26.5 Å². The lowest BCUT2D eigenvalue weighted by molar-refractivity contribution is 0.0831. The van der Waals surface area contributed by atoms with Gasteiger partial charge in [0.15, 0.2) is 0 Å². The van der Waals surface area contributed by atoms with E-state index in [1.54, 1.807) is 14.1 Å². The van der Waals surface area contributed by atoms with E-state index in [0.717, 1.165) is 10.6 Å². The van der Waals surface area contributed by atoms with Crippen LogP contribution in [0.1, 0.15) is 20.8 Å². The zero-order chi connectivity index (χ0) is 13.3. The maximum Gasteiger partial charge on any atom is 0.263 e. The second-order valence-electron chi connectivity index (χ2n) is 4.14. The molecule has 0 aliphatic rings. The van der Waals surface area contributed by atoms with Gasteiger partial charge in [0.2, 0.25) is 0 Å². The predicted octanol–water partition coefficient (Wildman–Crippen LogP) is 2.42. The fraction of sp³-hybridized carbons (Fsp3) is 0.231. The Hall–Kier alpha value is -2.06. The number of carbonyl (C=O) groups excluding carboxylic acids is 1. The van der Waals surface area contributed by atoms with Crippen LogP contribution in [0.2, 0.25) is 0 Å². The summed E-state index contributed by atoms with van der Waals surface area (Å²) in [5.74, 6) is -0.0626. The molecule has 0 N–H and O–H groups in total. The number of carbonyl (C=O) groups is 1. The summed E-state index contributed by atoms with van der Waals surface area (Å²) in [5, 5.41) is 10.0. The summed E-state index contributed by atoms with van der Waals surface area (Å²) in [7, 11) is 3.42. The number of amides is 1. The summed E-state index contributed by atoms with van der Waals surface area (Å²) in [6.45, 7) is 1.82. The highest BCUT2D eigenvalue weighted by Gasteiger charge is 2.21. The van der Waals surface area contributed by atoms with E-state index in [4.69, 9.17) is 0 Å². The van der Waals surface area contributed by atoms with Crippen molar-refractivity contribution in [2.75, 3.05) is 14.1 Å². The van der Waals surface area contributed by atoms with Crippen LogP contribution in [0.4, 0.5) is 0 Å². The molecule has 0 atom stereocenters. The summed E-state index contributed by atoms with van der Waals surface area (Å²) in [6, 6.07) is 5.97. The van der Waals surface area contributed by atoms with E-state index in [1.165, 1.54) is 16.2 Å². The first-order valence-corrected chi connectivity index (χ1v) is 6.26. The third-order valence-electron chi connectivity index (χ3n) is 2.68. The van der Waals surface area contributed by atoms with Gasteiger partial charge in [0.05, 0.1) is 10.4 Å². The number of rotatable bonds is 2. The van der Waals surface area contributed by atoms with Crippen LogP contribution in [0.25, 0.3) is 5.00 Å². The molecule has 2 heterocycles. The lowest BCUT2D eigenvalue weighted by Gasteiger charge is -2.08. The molecule has 0 aliphatic carbocycles. The molecule has 0 aliphatic heterocycles. The SMILES string of the molecule is Cc1c(C(=O)N(C)C)sc(-n2cccc2)c1C#N. The summed E-state index contributed by atoms with van der Waals surface area (Å²) in [5.41, 5.74) is 1.33. The van der Waals surface area contributed by atoms with E-state index in [2.05, 4.69) is 6.07 Å². The second kappa shape index (κ2) is 4.67. The van der Waals surface area contributed by atoms with Gasteiger partial charge in [0.1, 0.15) is 11.1 Å². The second-order valence-corrected chi connectivity index (χ2v) is 5.14. The van der Waals surface area contributed by atoms with Crippen molar-refractivity contribution in [1.82, 2.24) is 9.47 Å². The van der Waals surface area contributed by atoms with Crippen molar-refractivity contribution in [3.05, 3.63) is 40.5 Å². The first-order chi connectivity index (χ1) is 8.56. The van der Waals surface area contributed by atoms with Crippen LogP contribution < -0.4 is 0 Å². The minimum Gasteiger partial charge on any atom is -0.344 e. The zero-order valence-electron chi connectivity index (χ0n) is 10.5. The van der Waals surface area contributed by atoms with Gasteiger partial charge in [-0.1, -0.05) is 0 Å². The highest BCUT2D eigenvalue weighted by Crippen LogP contribution is 2.31. The Bertz CT molecular complexity index is 617. The fourth-order valence-corrected chi connectivity index (χ4v) is 2.94. The van der Waals surface area contributed by atoms with Gasteiger partial charge in [-0.05, 0) is 24.6 Å². The van der Waals surface area contributed by atoms with Gasteiger partial charge in [-0.2, -0.15) is 5.26 Å². The zero-order valence-corrected chi connectivity index (χ0v) is 11.3. The smallest absolute Gasteiger partial charge is 0.263 e. The number of hydrogen-bond donors (Lipinski definition) is 0. The molecule has 0 saturated heterocycles. The van der Waals surface area contributed by atoms with Crippen molar-refractivity contribution in [3.63, 3.8) is 0 Å². The lowest BCUT2D eigenvalue weighted by Crippen LogP contribution is -2.21. The largest absolute Gasteiger partial charge is 0.344 e. The van der Waals surface area contributed by atoms with Crippen LogP contribution in [0.15, 0.2) is 24.5 Å². The van der Waals surface area contributed by atoms with Crippen LogP contribution in [-0.4, -0.2) is 29.5 Å². The third-order valence-corrected chi connectivity index (χ3v) is 3.97. The van der Waals surface area contributed by atoms with Gasteiger partial charge in [-0.15, -0.1) is 11.3 Å². The van der Waals surface area contributed by atoms with Gasteiger partial charge in [0.25, 0.3) is 5.91 Å². The Labute approximate surface area is 110 Å². The summed E-state index contributed by atoms with van der Waals surface area (Å²) in [4.78, 5) is 14.2. The molecule has 0 saturated carbocycles. The predicted molar refractivity (Wildman–Crippen MR) is 71.1 cm³/mol. The number of thiophene rings is 1. The van der Waals surface area contributed by atoms with Gasteiger partial charge in [-0.3, -0.25) is 4.79 Å². The van der Waals surface area contributed by atoms with Crippen LogP contribution >= 0.6 is 11.3 Å². The van der Waals surface area contributed by atoms with E-state index < -0.39 is 0 Å². The van der Waals surface area contributed by atoms with Gasteiger partial charge < -0.3 is 9.47 Å². The van der Waals surface area contributed by atoms with Crippen LogP contribution in [0.3, 0.4) is 0 Å². The van der Waals surface area contributed by atoms with Crippen LogP contribution in [0.5, 0.6) is 0 Å². The van der Waals surface area contributed by atoms with E-state index in [1.807, 2.05) is 36.0 Å². The monoisotopic (exact) mass is 259 g/mol. The van der Waals surface area contributed by atoms with Crippen molar-refractivity contribution in [3.8, 4) is 11.1 Å². The van der Waals surface area contributed by atoms with Crippen molar-refractivity contribution in [1.29, 1.82) is 5.26 Å². The molecule has 92 valence electrons. The number of nitrogens with zero attached hydrogens (tertiary/aromatic N) is 3. The van der Waals surface area contributed by atoms with E-state index in [0.29, 0.717) is 10.4 Å². The van der Waals surface area contributed by atoms with Crippen molar-refractivity contribution in [2.45, 2.75) is 6.92 Å². The molecule has 0 radical (unpaired) electrons. The van der Waals surface area contributed by atoms with Crippen molar-refractivity contribution in [2.24, 2.45) is 0 Å². The molecule has 18 heavy (non-hydrogen) atoms. The molecule has 0 spiro atoms. The number of aromatic nitrogens is 1. The fourth-order valence-electron chi connectivity index (χ4n) is 1.69. The molecule has 4 nitrogen and oxygen atoms in total. The average Bonchev–Trinajstić information content (AvgIpc) is 2.94. The maximum atomic E-state index is 12.0. The van der Waals surface area contributed by atoms with Gasteiger partial charge in [-0.25, -0.2) is 0 Å². The third kappa shape index (κ3) is 1.91.